The maximum Gasteiger partial charge on any atom is 0.284 e. The van der Waals surface area contributed by atoms with Crippen molar-refractivity contribution in [3.8, 4) is 0 Å². The Morgan fingerprint density at radius 3 is 2.75 bits per heavy atom. The number of carbonyl (C=O) groups is 1. The van der Waals surface area contributed by atoms with E-state index in [4.69, 9.17) is 5.73 Å². The second-order valence-electron chi connectivity index (χ2n) is 1.34. The number of primary amides is 1. The van der Waals surface area contributed by atoms with Crippen LogP contribution in [-0.4, -0.2) is 5.91 Å². The molecule has 0 aliphatic heterocycles. The van der Waals surface area contributed by atoms with Gasteiger partial charge in [-0.05, 0) is 12.1 Å². The third-order valence-electron chi connectivity index (χ3n) is 0.764. The lowest BCUT2D eigenvalue weighted by Crippen LogP contribution is -2.08. The van der Waals surface area contributed by atoms with Gasteiger partial charge in [-0.15, -0.1) is 0 Å². The van der Waals surface area contributed by atoms with E-state index in [1.54, 1.807) is 6.07 Å². The Kier molecular flexibility index (Phi) is 1.04. The number of furan rings is 1. The molecule has 0 atom stereocenters. The summed E-state index contributed by atoms with van der Waals surface area (Å²) in [5.74, 6) is -0.333. The maximum absolute atomic E-state index is 10.2. The summed E-state index contributed by atoms with van der Waals surface area (Å²) < 4.78 is 4.62. The van der Waals surface area contributed by atoms with Crippen LogP contribution >= 0.6 is 0 Å². The average Bonchev–Trinajstić information content (AvgIpc) is 2.12. The minimum atomic E-state index is -0.532. The summed E-state index contributed by atoms with van der Waals surface area (Å²) in [5, 5.41) is 0. The van der Waals surface area contributed by atoms with Crippen LogP contribution in [0.2, 0.25) is 0 Å². The fourth-order valence-corrected chi connectivity index (χ4v) is 0.419. The Labute approximate surface area is 46.1 Å². The maximum atomic E-state index is 10.2. The van der Waals surface area contributed by atoms with E-state index in [2.05, 4.69) is 4.42 Å². The SMILES string of the molecule is NC(=O)c1ccco1. The molecule has 3 heteroatoms. The van der Waals surface area contributed by atoms with Crippen molar-refractivity contribution in [1.82, 2.24) is 0 Å². The molecule has 0 fully saturated rings. The number of rotatable bonds is 1. The molecule has 1 aromatic rings. The molecule has 0 aliphatic rings. The van der Waals surface area contributed by atoms with E-state index in [9.17, 15) is 4.79 Å². The molecule has 2 N–H and O–H groups in total. The summed E-state index contributed by atoms with van der Waals surface area (Å²) in [4.78, 5) is 10.2. The lowest BCUT2D eigenvalue weighted by atomic mass is 10.4. The zero-order valence-electron chi connectivity index (χ0n) is 4.13. The van der Waals surface area contributed by atoms with Crippen LogP contribution in [0.3, 0.4) is 0 Å². The number of hydrogen-bond donors (Lipinski definition) is 1. The summed E-state index contributed by atoms with van der Waals surface area (Å²) in [6.07, 6.45) is 1.40. The van der Waals surface area contributed by atoms with Crippen LogP contribution in [0.25, 0.3) is 0 Å². The highest BCUT2D eigenvalue weighted by Gasteiger charge is 1.98. The standard InChI is InChI=1S/C5H5NO2/c6-5(7)4-2-1-3-8-4/h1-3H,(H2,6,7). The molecule has 0 bridgehead atoms. The van der Waals surface area contributed by atoms with Crippen molar-refractivity contribution in [2.75, 3.05) is 0 Å². The first-order chi connectivity index (χ1) is 3.80. The molecule has 8 heavy (non-hydrogen) atoms. The van der Waals surface area contributed by atoms with E-state index in [1.807, 2.05) is 0 Å². The number of carbonyl (C=O) groups excluding carboxylic acids is 1. The lowest BCUT2D eigenvalue weighted by Gasteiger charge is -1.80. The molecule has 1 rings (SSSR count). The van der Waals surface area contributed by atoms with Gasteiger partial charge < -0.3 is 10.2 Å². The highest BCUT2D eigenvalue weighted by Crippen LogP contribution is 1.96. The van der Waals surface area contributed by atoms with Gasteiger partial charge in [0.15, 0.2) is 5.76 Å². The van der Waals surface area contributed by atoms with Crippen molar-refractivity contribution < 1.29 is 9.21 Å². The van der Waals surface area contributed by atoms with Gasteiger partial charge >= 0.3 is 0 Å². The summed E-state index contributed by atoms with van der Waals surface area (Å²) in [6.45, 7) is 0. The molecule has 0 saturated carbocycles. The number of hydrogen-bond acceptors (Lipinski definition) is 2. The third-order valence-corrected chi connectivity index (χ3v) is 0.764. The Morgan fingerprint density at radius 2 is 2.50 bits per heavy atom. The molecule has 0 aromatic carbocycles. The van der Waals surface area contributed by atoms with Crippen LogP contribution < -0.4 is 5.73 Å². The molecule has 42 valence electrons. The van der Waals surface area contributed by atoms with Gasteiger partial charge in [0.05, 0.1) is 6.26 Å². The van der Waals surface area contributed by atoms with Gasteiger partial charge in [-0.2, -0.15) is 0 Å². The molecule has 0 spiro atoms. The van der Waals surface area contributed by atoms with Crippen LogP contribution in [-0.2, 0) is 0 Å². The Balaban J connectivity index is 2.93. The fraction of sp³-hybridized carbons (Fsp3) is 0. The Morgan fingerprint density at radius 1 is 1.75 bits per heavy atom. The van der Waals surface area contributed by atoms with Gasteiger partial charge in [-0.25, -0.2) is 0 Å². The molecule has 1 heterocycles. The molecular formula is C5H5NO2. The van der Waals surface area contributed by atoms with E-state index < -0.39 is 5.91 Å². The van der Waals surface area contributed by atoms with Crippen LogP contribution in [0.15, 0.2) is 22.8 Å². The fourth-order valence-electron chi connectivity index (χ4n) is 0.419. The van der Waals surface area contributed by atoms with Crippen molar-refractivity contribution in [3.63, 3.8) is 0 Å². The normalized spacial score (nSPS) is 9.00. The predicted octanol–water partition coefficient (Wildman–Crippen LogP) is 0.379. The second kappa shape index (κ2) is 1.69. The van der Waals surface area contributed by atoms with Crippen molar-refractivity contribution in [2.24, 2.45) is 5.73 Å². The second-order valence-corrected chi connectivity index (χ2v) is 1.34. The summed E-state index contributed by atoms with van der Waals surface area (Å²) in [5.41, 5.74) is 4.83. The lowest BCUT2D eigenvalue weighted by molar-refractivity contribution is 0.0974. The smallest absolute Gasteiger partial charge is 0.284 e. The first-order valence-electron chi connectivity index (χ1n) is 2.14. The van der Waals surface area contributed by atoms with E-state index in [0.29, 0.717) is 0 Å². The topological polar surface area (TPSA) is 56.2 Å². The van der Waals surface area contributed by atoms with Gasteiger partial charge in [-0.1, -0.05) is 0 Å². The molecule has 0 unspecified atom stereocenters. The molecule has 3 nitrogen and oxygen atoms in total. The highest BCUT2D eigenvalue weighted by atomic mass is 16.3. The van der Waals surface area contributed by atoms with Crippen molar-refractivity contribution in [2.45, 2.75) is 0 Å². The Bertz CT molecular complexity index is 178. The van der Waals surface area contributed by atoms with Gasteiger partial charge in [0.1, 0.15) is 0 Å². The van der Waals surface area contributed by atoms with Gasteiger partial charge in [0.2, 0.25) is 0 Å². The largest absolute Gasteiger partial charge is 0.459 e. The first kappa shape index (κ1) is 4.90. The summed E-state index contributed by atoms with van der Waals surface area (Å²) in [6, 6.07) is 3.13. The first-order valence-corrected chi connectivity index (χ1v) is 2.14. The minimum absolute atomic E-state index is 0.199. The van der Waals surface area contributed by atoms with Crippen LogP contribution in [0.1, 0.15) is 10.6 Å². The molecular weight excluding hydrogens is 106 g/mol. The van der Waals surface area contributed by atoms with Crippen LogP contribution in [0, 0.1) is 0 Å². The number of amides is 1. The molecule has 0 aliphatic carbocycles. The van der Waals surface area contributed by atoms with Crippen molar-refractivity contribution in [1.29, 1.82) is 0 Å². The van der Waals surface area contributed by atoms with E-state index in [-0.39, 0.29) is 5.76 Å². The molecule has 1 amide bonds. The van der Waals surface area contributed by atoms with Gasteiger partial charge in [-0.3, -0.25) is 4.79 Å². The average molecular weight is 111 g/mol. The van der Waals surface area contributed by atoms with Crippen molar-refractivity contribution in [3.05, 3.63) is 24.2 Å². The zero-order valence-corrected chi connectivity index (χ0v) is 4.13. The van der Waals surface area contributed by atoms with Crippen LogP contribution in [0.4, 0.5) is 0 Å². The summed E-state index contributed by atoms with van der Waals surface area (Å²) in [7, 11) is 0. The number of nitrogens with two attached hydrogens (primary N) is 1. The summed E-state index contributed by atoms with van der Waals surface area (Å²) >= 11 is 0. The predicted molar refractivity (Wildman–Crippen MR) is 27.2 cm³/mol. The highest BCUT2D eigenvalue weighted by molar-refractivity contribution is 5.89. The van der Waals surface area contributed by atoms with E-state index >= 15 is 0 Å². The van der Waals surface area contributed by atoms with Crippen molar-refractivity contribution >= 4 is 5.91 Å². The van der Waals surface area contributed by atoms with Gasteiger partial charge in [0.25, 0.3) is 5.91 Å². The zero-order chi connectivity index (χ0) is 5.98. The molecule has 0 saturated heterocycles. The van der Waals surface area contributed by atoms with E-state index in [1.165, 1.54) is 12.3 Å². The van der Waals surface area contributed by atoms with Gasteiger partial charge in [0, 0.05) is 0 Å². The molecule has 0 radical (unpaired) electrons. The monoisotopic (exact) mass is 111 g/mol. The van der Waals surface area contributed by atoms with E-state index in [0.717, 1.165) is 0 Å². The quantitative estimate of drug-likeness (QED) is 0.569. The third kappa shape index (κ3) is 0.703. The molecule has 1 aromatic heterocycles. The minimum Gasteiger partial charge on any atom is -0.459 e. The Hall–Kier alpha value is -1.25. The van der Waals surface area contributed by atoms with Crippen LogP contribution in [0.5, 0.6) is 0 Å².